The van der Waals surface area contributed by atoms with E-state index in [-0.39, 0.29) is 5.91 Å². The SMILES string of the molecule is COc1c#cc2c(c1)cc(C(=O)N1CC3=C(C1)C(C)=CC(C(=O)NO)C3)n2C. The van der Waals surface area contributed by atoms with Crippen LogP contribution in [0.4, 0.5) is 0 Å². The summed E-state index contributed by atoms with van der Waals surface area (Å²) in [5.41, 5.74) is 6.24. The molecule has 28 heavy (non-hydrogen) atoms. The maximum Gasteiger partial charge on any atom is 0.271 e. The topological polar surface area (TPSA) is 83.8 Å². The van der Waals surface area contributed by atoms with Crippen molar-refractivity contribution in [3.63, 3.8) is 0 Å². The molecule has 0 bridgehead atoms. The molecule has 2 amide bonds. The van der Waals surface area contributed by atoms with Gasteiger partial charge in [0.2, 0.25) is 0 Å². The lowest BCUT2D eigenvalue weighted by atomic mass is 9.86. The summed E-state index contributed by atoms with van der Waals surface area (Å²) in [6.45, 7) is 2.94. The molecule has 1 aliphatic carbocycles. The second kappa shape index (κ2) is 6.73. The second-order valence-electron chi connectivity index (χ2n) is 7.23. The number of aryl methyl sites for hydroxylation is 1. The number of rotatable bonds is 3. The molecule has 0 spiro atoms. The first kappa shape index (κ1) is 18.1. The van der Waals surface area contributed by atoms with Crippen LogP contribution in [-0.2, 0) is 11.8 Å². The number of hydrogen-bond acceptors (Lipinski definition) is 4. The molecule has 4 rings (SSSR count). The molecule has 1 aliphatic heterocycles. The van der Waals surface area contributed by atoms with Crippen molar-refractivity contribution < 1.29 is 19.5 Å². The number of aromatic nitrogens is 1. The highest BCUT2D eigenvalue weighted by atomic mass is 16.5. The first-order valence-corrected chi connectivity index (χ1v) is 9.03. The van der Waals surface area contributed by atoms with Gasteiger partial charge in [0.15, 0.2) is 5.75 Å². The van der Waals surface area contributed by atoms with E-state index in [2.05, 4.69) is 12.1 Å². The zero-order valence-electron chi connectivity index (χ0n) is 16.0. The van der Waals surface area contributed by atoms with Gasteiger partial charge in [0.25, 0.3) is 11.8 Å². The van der Waals surface area contributed by atoms with Crippen LogP contribution in [0.2, 0.25) is 0 Å². The third-order valence-electron chi connectivity index (χ3n) is 5.58. The number of fused-ring (bicyclic) bond motifs is 1. The quantitative estimate of drug-likeness (QED) is 0.631. The van der Waals surface area contributed by atoms with Gasteiger partial charge in [0.1, 0.15) is 11.2 Å². The molecule has 7 nitrogen and oxygen atoms in total. The van der Waals surface area contributed by atoms with E-state index in [0.717, 1.165) is 27.6 Å². The lowest BCUT2D eigenvalue weighted by Gasteiger charge is -2.19. The maximum absolute atomic E-state index is 13.2. The summed E-state index contributed by atoms with van der Waals surface area (Å²) in [5.74, 6) is -0.333. The molecule has 1 aromatic carbocycles. The van der Waals surface area contributed by atoms with Crippen molar-refractivity contribution in [2.75, 3.05) is 20.2 Å². The number of carbonyl (C=O) groups is 2. The average molecular weight is 379 g/mol. The summed E-state index contributed by atoms with van der Waals surface area (Å²) in [7, 11) is 3.41. The minimum atomic E-state index is -0.426. The number of hydroxylamine groups is 1. The fourth-order valence-corrected chi connectivity index (χ4v) is 4.07. The van der Waals surface area contributed by atoms with Crippen molar-refractivity contribution in [2.24, 2.45) is 13.0 Å². The Balaban J connectivity index is 1.58. The summed E-state index contributed by atoms with van der Waals surface area (Å²) in [6, 6.07) is 9.64. The smallest absolute Gasteiger partial charge is 0.271 e. The van der Waals surface area contributed by atoms with Crippen LogP contribution in [0.1, 0.15) is 23.8 Å². The molecule has 1 aromatic heterocycles. The number of nitrogens with one attached hydrogen (secondary N) is 1. The van der Waals surface area contributed by atoms with Crippen LogP contribution in [0.3, 0.4) is 0 Å². The van der Waals surface area contributed by atoms with Crippen molar-refractivity contribution in [1.82, 2.24) is 14.9 Å². The van der Waals surface area contributed by atoms with Gasteiger partial charge in [-0.2, -0.15) is 0 Å². The van der Waals surface area contributed by atoms with E-state index in [1.54, 1.807) is 17.5 Å². The number of carbonyl (C=O) groups excluding carboxylic acids is 2. The second-order valence-corrected chi connectivity index (χ2v) is 7.23. The fourth-order valence-electron chi connectivity index (χ4n) is 4.07. The van der Waals surface area contributed by atoms with E-state index in [9.17, 15) is 9.59 Å². The molecule has 2 heterocycles. The number of amides is 2. The van der Waals surface area contributed by atoms with E-state index in [0.29, 0.717) is 31.0 Å². The summed E-state index contributed by atoms with van der Waals surface area (Å²) in [4.78, 5) is 26.8. The zero-order valence-corrected chi connectivity index (χ0v) is 16.0. The first-order valence-electron chi connectivity index (χ1n) is 9.03. The highest BCUT2D eigenvalue weighted by Crippen LogP contribution is 2.35. The predicted molar refractivity (Wildman–Crippen MR) is 102 cm³/mol. The van der Waals surface area contributed by atoms with Crippen molar-refractivity contribution in [2.45, 2.75) is 13.3 Å². The van der Waals surface area contributed by atoms with Crippen LogP contribution >= 0.6 is 0 Å². The Kier molecular flexibility index (Phi) is 4.36. The molecule has 2 aromatic rings. The molecule has 144 valence electrons. The maximum atomic E-state index is 13.2. The highest BCUT2D eigenvalue weighted by Gasteiger charge is 2.33. The zero-order chi connectivity index (χ0) is 20.0. The van der Waals surface area contributed by atoms with Gasteiger partial charge in [0, 0.05) is 25.5 Å². The van der Waals surface area contributed by atoms with Crippen LogP contribution in [0.25, 0.3) is 10.9 Å². The Bertz CT molecular complexity index is 1050. The summed E-state index contributed by atoms with van der Waals surface area (Å²) in [6.07, 6.45) is 2.37. The fraction of sp³-hybridized carbons (Fsp3) is 0.333. The van der Waals surface area contributed by atoms with E-state index >= 15 is 0 Å². The summed E-state index contributed by atoms with van der Waals surface area (Å²) >= 11 is 0. The largest absolute Gasteiger partial charge is 0.489 e. The van der Waals surface area contributed by atoms with Gasteiger partial charge in [-0.15, -0.1) is 0 Å². The number of nitrogens with zero attached hydrogens (tertiary/aromatic N) is 2. The van der Waals surface area contributed by atoms with Gasteiger partial charge in [-0.1, -0.05) is 6.08 Å². The summed E-state index contributed by atoms with van der Waals surface area (Å²) < 4.78 is 7.01. The standard InChI is InChI=1S/C21H21N3O4/c1-12-6-14(20(25)22-27)7-15-10-24(11-17(12)15)21(26)19-9-13-8-16(28-3)4-5-18(13)23(19)2/h6,8-9,14,27H,7,10-11H2,1-3H3,(H,22,25). The molecule has 7 heteroatoms. The third-order valence-corrected chi connectivity index (χ3v) is 5.58. The van der Waals surface area contributed by atoms with Crippen LogP contribution < -0.4 is 10.2 Å². The molecular formula is C21H21N3O4. The molecule has 0 fully saturated rings. The molecule has 2 N–H and O–H groups in total. The van der Waals surface area contributed by atoms with E-state index in [1.165, 1.54) is 0 Å². The Morgan fingerprint density at radius 1 is 1.29 bits per heavy atom. The Morgan fingerprint density at radius 3 is 2.79 bits per heavy atom. The average Bonchev–Trinajstić information content (AvgIpc) is 3.28. The summed E-state index contributed by atoms with van der Waals surface area (Å²) in [5, 5.41) is 9.78. The minimum absolute atomic E-state index is 0.0728. The molecule has 0 saturated heterocycles. The van der Waals surface area contributed by atoms with E-state index in [4.69, 9.17) is 9.94 Å². The molecule has 2 aliphatic rings. The molecular weight excluding hydrogens is 358 g/mol. The van der Waals surface area contributed by atoms with Crippen molar-refractivity contribution in [3.8, 4) is 5.75 Å². The van der Waals surface area contributed by atoms with Gasteiger partial charge < -0.3 is 14.2 Å². The van der Waals surface area contributed by atoms with Gasteiger partial charge in [-0.05, 0) is 54.3 Å². The minimum Gasteiger partial charge on any atom is -0.489 e. The molecule has 1 unspecified atom stereocenters. The molecule has 1 atom stereocenters. The van der Waals surface area contributed by atoms with Crippen molar-refractivity contribution in [3.05, 3.63) is 52.8 Å². The highest BCUT2D eigenvalue weighted by molar-refractivity contribution is 5.99. The number of methoxy groups -OCH3 is 1. The lowest BCUT2D eigenvalue weighted by molar-refractivity contribution is -0.131. The van der Waals surface area contributed by atoms with Crippen LogP contribution in [-0.4, -0.2) is 46.7 Å². The third kappa shape index (κ3) is 2.83. The van der Waals surface area contributed by atoms with E-state index in [1.807, 2.05) is 36.7 Å². The lowest BCUT2D eigenvalue weighted by Crippen LogP contribution is -2.31. The Morgan fingerprint density at radius 2 is 2.07 bits per heavy atom. The first-order chi connectivity index (χ1) is 13.4. The van der Waals surface area contributed by atoms with Crippen molar-refractivity contribution in [1.29, 1.82) is 0 Å². The van der Waals surface area contributed by atoms with Gasteiger partial charge in [0.05, 0.1) is 13.0 Å². The molecule has 0 saturated carbocycles. The van der Waals surface area contributed by atoms with Gasteiger partial charge in [-0.25, -0.2) is 5.48 Å². The van der Waals surface area contributed by atoms with Gasteiger partial charge >= 0.3 is 0 Å². The Labute approximate surface area is 162 Å². The number of ether oxygens (including phenoxy) is 1. The van der Waals surface area contributed by atoms with Crippen molar-refractivity contribution >= 4 is 22.7 Å². The normalized spacial score (nSPS) is 18.6. The van der Waals surface area contributed by atoms with Gasteiger partial charge in [-0.3, -0.25) is 14.8 Å². The molecule has 0 radical (unpaired) electrons. The van der Waals surface area contributed by atoms with Crippen LogP contribution in [0.5, 0.6) is 5.75 Å². The van der Waals surface area contributed by atoms with E-state index < -0.39 is 11.8 Å². The monoisotopic (exact) mass is 379 g/mol. The number of hydrogen-bond donors (Lipinski definition) is 2. The van der Waals surface area contributed by atoms with Crippen LogP contribution in [0.15, 0.2) is 34.9 Å². The van der Waals surface area contributed by atoms with Crippen LogP contribution in [0, 0.1) is 18.1 Å². The Hall–Kier alpha value is -3.24. The predicted octanol–water partition coefficient (Wildman–Crippen LogP) is 2.01.